The summed E-state index contributed by atoms with van der Waals surface area (Å²) in [7, 11) is 1.64. The summed E-state index contributed by atoms with van der Waals surface area (Å²) in [6, 6.07) is 24.9. The van der Waals surface area contributed by atoms with E-state index in [-0.39, 0.29) is 0 Å². The van der Waals surface area contributed by atoms with Gasteiger partial charge in [0.25, 0.3) is 0 Å². The van der Waals surface area contributed by atoms with E-state index in [4.69, 9.17) is 10.00 Å². The minimum absolute atomic E-state index is 0.577. The number of pyridine rings is 1. The van der Waals surface area contributed by atoms with E-state index in [2.05, 4.69) is 16.4 Å². The fourth-order valence-electron chi connectivity index (χ4n) is 3.29. The number of nitrogens with zero attached hydrogens (tertiary/aromatic N) is 2. The lowest BCUT2D eigenvalue weighted by Gasteiger charge is -2.11. The quantitative estimate of drug-likeness (QED) is 0.455. The molecule has 0 unspecified atom stereocenters. The summed E-state index contributed by atoms with van der Waals surface area (Å²) >= 11 is 0. The molecule has 0 aliphatic rings. The van der Waals surface area contributed by atoms with Crippen LogP contribution in [0.15, 0.2) is 72.8 Å². The Labute approximate surface area is 174 Å². The van der Waals surface area contributed by atoms with Crippen molar-refractivity contribution >= 4 is 23.0 Å². The number of rotatable bonds is 6. The van der Waals surface area contributed by atoms with Crippen molar-refractivity contribution in [3.8, 4) is 22.9 Å². The first-order valence-electron chi connectivity index (χ1n) is 9.47. The van der Waals surface area contributed by atoms with Crippen LogP contribution in [0, 0.1) is 11.3 Å². The summed E-state index contributed by atoms with van der Waals surface area (Å²) in [6.45, 7) is 0.587. The number of anilines is 1. The monoisotopic (exact) mass is 393 g/mol. The second-order valence-electron chi connectivity index (χ2n) is 6.84. The zero-order valence-corrected chi connectivity index (χ0v) is 16.4. The smallest absolute Gasteiger partial charge is 0.150 e. The number of benzene rings is 3. The van der Waals surface area contributed by atoms with Gasteiger partial charge in [0.1, 0.15) is 11.6 Å². The normalized spacial score (nSPS) is 10.4. The number of nitrogens with one attached hydrogen (secondary N) is 1. The van der Waals surface area contributed by atoms with Crippen LogP contribution >= 0.6 is 0 Å². The highest BCUT2D eigenvalue weighted by Crippen LogP contribution is 2.27. The van der Waals surface area contributed by atoms with Crippen LogP contribution in [0.3, 0.4) is 0 Å². The van der Waals surface area contributed by atoms with E-state index in [1.807, 2.05) is 54.6 Å². The third kappa shape index (κ3) is 3.98. The maximum atomic E-state index is 11.7. The molecule has 0 bridgehead atoms. The van der Waals surface area contributed by atoms with Gasteiger partial charge in [0.2, 0.25) is 0 Å². The molecule has 0 amide bonds. The number of hydrogen-bond acceptors (Lipinski definition) is 5. The largest absolute Gasteiger partial charge is 0.497 e. The Morgan fingerprint density at radius 2 is 1.73 bits per heavy atom. The lowest BCUT2D eigenvalue weighted by Crippen LogP contribution is -2.03. The average molecular weight is 393 g/mol. The van der Waals surface area contributed by atoms with Crippen LogP contribution in [-0.2, 0) is 6.54 Å². The number of aromatic nitrogens is 1. The van der Waals surface area contributed by atoms with Gasteiger partial charge in [0.15, 0.2) is 6.29 Å². The van der Waals surface area contributed by atoms with Crippen LogP contribution < -0.4 is 10.1 Å². The van der Waals surface area contributed by atoms with Gasteiger partial charge < -0.3 is 10.1 Å². The molecule has 0 spiro atoms. The summed E-state index contributed by atoms with van der Waals surface area (Å²) < 4.78 is 5.18. The van der Waals surface area contributed by atoms with Gasteiger partial charge in [-0.1, -0.05) is 30.3 Å². The van der Waals surface area contributed by atoms with E-state index in [1.54, 1.807) is 25.3 Å². The fraction of sp³-hybridized carbons (Fsp3) is 0.0800. The SMILES string of the molecule is COc1ccc(CNc2cc(C=O)c3cc(-c4ccc(C#N)cc4)ccc3n2)cc1. The Hall–Kier alpha value is -4.17. The third-order valence-electron chi connectivity index (χ3n) is 4.95. The predicted molar refractivity (Wildman–Crippen MR) is 118 cm³/mol. The van der Waals surface area contributed by atoms with Crippen LogP contribution in [0.25, 0.3) is 22.0 Å². The van der Waals surface area contributed by atoms with E-state index < -0.39 is 0 Å². The topological polar surface area (TPSA) is 75.0 Å². The molecule has 5 nitrogen and oxygen atoms in total. The summed E-state index contributed by atoms with van der Waals surface area (Å²) in [4.78, 5) is 16.4. The minimum Gasteiger partial charge on any atom is -0.497 e. The number of hydrogen-bond donors (Lipinski definition) is 1. The van der Waals surface area contributed by atoms with Crippen molar-refractivity contribution in [2.45, 2.75) is 6.54 Å². The van der Waals surface area contributed by atoms with Gasteiger partial charge in [-0.15, -0.1) is 0 Å². The predicted octanol–water partition coefficient (Wildman–Crippen LogP) is 5.21. The Morgan fingerprint density at radius 3 is 2.40 bits per heavy atom. The lowest BCUT2D eigenvalue weighted by atomic mass is 10.0. The maximum Gasteiger partial charge on any atom is 0.150 e. The zero-order valence-electron chi connectivity index (χ0n) is 16.4. The highest BCUT2D eigenvalue weighted by Gasteiger charge is 2.08. The van der Waals surface area contributed by atoms with Crippen molar-refractivity contribution in [1.29, 1.82) is 5.26 Å². The Balaban J connectivity index is 1.61. The maximum absolute atomic E-state index is 11.7. The molecular formula is C25H19N3O2. The Bertz CT molecular complexity index is 1240. The first-order valence-corrected chi connectivity index (χ1v) is 9.47. The van der Waals surface area contributed by atoms with Crippen molar-refractivity contribution < 1.29 is 9.53 Å². The van der Waals surface area contributed by atoms with Gasteiger partial charge in [-0.05, 0) is 59.2 Å². The molecule has 0 atom stereocenters. The molecule has 0 fully saturated rings. The van der Waals surface area contributed by atoms with Gasteiger partial charge >= 0.3 is 0 Å². The molecule has 4 rings (SSSR count). The number of methoxy groups -OCH3 is 1. The number of ether oxygens (including phenoxy) is 1. The number of carbonyl (C=O) groups excluding carboxylic acids is 1. The van der Waals surface area contributed by atoms with E-state index in [0.717, 1.165) is 39.6 Å². The van der Waals surface area contributed by atoms with Gasteiger partial charge in [-0.3, -0.25) is 4.79 Å². The molecule has 0 saturated heterocycles. The van der Waals surface area contributed by atoms with Crippen molar-refractivity contribution in [3.05, 3.63) is 89.5 Å². The highest BCUT2D eigenvalue weighted by atomic mass is 16.5. The molecule has 5 heteroatoms. The number of aldehydes is 1. The minimum atomic E-state index is 0.577. The van der Waals surface area contributed by atoms with Crippen molar-refractivity contribution in [1.82, 2.24) is 4.98 Å². The summed E-state index contributed by atoms with van der Waals surface area (Å²) in [6.07, 6.45) is 0.852. The summed E-state index contributed by atoms with van der Waals surface area (Å²) in [5, 5.41) is 13.0. The molecular weight excluding hydrogens is 374 g/mol. The molecule has 30 heavy (non-hydrogen) atoms. The Kier molecular flexibility index (Phi) is 5.40. The van der Waals surface area contributed by atoms with Crippen LogP contribution in [0.4, 0.5) is 5.82 Å². The molecule has 3 aromatic carbocycles. The molecule has 1 aromatic heterocycles. The second-order valence-corrected chi connectivity index (χ2v) is 6.84. The van der Waals surface area contributed by atoms with Crippen molar-refractivity contribution in [2.24, 2.45) is 0 Å². The van der Waals surface area contributed by atoms with Gasteiger partial charge in [-0.2, -0.15) is 5.26 Å². The van der Waals surface area contributed by atoms with Crippen LogP contribution in [0.5, 0.6) is 5.75 Å². The van der Waals surface area contributed by atoms with Crippen molar-refractivity contribution in [2.75, 3.05) is 12.4 Å². The second kappa shape index (κ2) is 8.46. The molecule has 0 aliphatic carbocycles. The molecule has 0 saturated carbocycles. The molecule has 0 aliphatic heterocycles. The van der Waals surface area contributed by atoms with E-state index in [9.17, 15) is 4.79 Å². The van der Waals surface area contributed by atoms with Crippen LogP contribution in [-0.4, -0.2) is 18.4 Å². The number of nitriles is 1. The standard InChI is InChI=1S/C25H19N3O2/c1-30-22-9-4-18(5-10-22)15-27-25-13-21(16-29)23-12-20(8-11-24(23)28-25)19-6-2-17(14-26)3-7-19/h2-13,16H,15H2,1H3,(H,27,28). The number of carbonyl (C=O) groups is 1. The Morgan fingerprint density at radius 1 is 1.00 bits per heavy atom. The van der Waals surface area contributed by atoms with Crippen molar-refractivity contribution in [3.63, 3.8) is 0 Å². The third-order valence-corrected chi connectivity index (χ3v) is 4.95. The first-order chi connectivity index (χ1) is 14.7. The molecule has 1 N–H and O–H groups in total. The molecule has 0 radical (unpaired) electrons. The van der Waals surface area contributed by atoms with Crippen LogP contribution in [0.2, 0.25) is 0 Å². The van der Waals surface area contributed by atoms with Crippen LogP contribution in [0.1, 0.15) is 21.5 Å². The lowest BCUT2D eigenvalue weighted by molar-refractivity contribution is 0.112. The molecule has 4 aromatic rings. The van der Waals surface area contributed by atoms with E-state index >= 15 is 0 Å². The van der Waals surface area contributed by atoms with E-state index in [1.165, 1.54) is 0 Å². The fourth-order valence-corrected chi connectivity index (χ4v) is 3.29. The number of fused-ring (bicyclic) bond motifs is 1. The summed E-state index contributed by atoms with van der Waals surface area (Å²) in [5.74, 6) is 1.45. The highest BCUT2D eigenvalue weighted by molar-refractivity contribution is 5.99. The average Bonchev–Trinajstić information content (AvgIpc) is 2.82. The van der Waals surface area contributed by atoms with Gasteiger partial charge in [-0.25, -0.2) is 4.98 Å². The van der Waals surface area contributed by atoms with E-state index in [0.29, 0.717) is 23.5 Å². The summed E-state index contributed by atoms with van der Waals surface area (Å²) in [5.41, 5.74) is 4.97. The molecule has 146 valence electrons. The zero-order chi connectivity index (χ0) is 20.9. The van der Waals surface area contributed by atoms with Gasteiger partial charge in [0.05, 0.1) is 24.3 Å². The van der Waals surface area contributed by atoms with Gasteiger partial charge in [0, 0.05) is 17.5 Å². The molecule has 1 heterocycles. The first kappa shape index (κ1) is 19.2.